The van der Waals surface area contributed by atoms with Gasteiger partial charge < -0.3 is 10.2 Å². The molecule has 25 heavy (non-hydrogen) atoms. The van der Waals surface area contributed by atoms with Crippen LogP contribution in [0.5, 0.6) is 0 Å². The highest BCUT2D eigenvalue weighted by Gasteiger charge is 2.31. The molecule has 2 nitrogen and oxygen atoms in total. The summed E-state index contributed by atoms with van der Waals surface area (Å²) in [6, 6.07) is 18.7. The molecule has 0 aromatic heterocycles. The van der Waals surface area contributed by atoms with Gasteiger partial charge in [0.1, 0.15) is 0 Å². The molecule has 0 fully saturated rings. The molecule has 2 heteroatoms. The highest BCUT2D eigenvalue weighted by atomic mass is 15.2. The van der Waals surface area contributed by atoms with Crippen molar-refractivity contribution in [3.63, 3.8) is 0 Å². The average molecular weight is 326 g/mol. The highest BCUT2D eigenvalue weighted by molar-refractivity contribution is 5.95. The van der Waals surface area contributed by atoms with Crippen molar-refractivity contribution in [2.45, 2.75) is 13.8 Å². The van der Waals surface area contributed by atoms with Crippen LogP contribution in [0.3, 0.4) is 0 Å². The number of allylic oxidation sites excluding steroid dienone is 3. The summed E-state index contributed by atoms with van der Waals surface area (Å²) < 4.78 is 0. The molecule has 4 rings (SSSR count). The fourth-order valence-corrected chi connectivity index (χ4v) is 3.58. The topological polar surface area (TPSA) is 15.3 Å². The molecule has 0 saturated carbocycles. The summed E-state index contributed by atoms with van der Waals surface area (Å²) in [6.45, 7) is 13.2. The number of benzene rings is 2. The van der Waals surface area contributed by atoms with Crippen molar-refractivity contribution in [3.05, 3.63) is 102 Å². The van der Waals surface area contributed by atoms with Crippen LogP contribution < -0.4 is 10.2 Å². The first-order chi connectivity index (χ1) is 12.1. The minimum atomic E-state index is 0.373. The Morgan fingerprint density at radius 3 is 2.32 bits per heavy atom. The second-order valence-electron chi connectivity index (χ2n) is 6.78. The standard InChI is InChI=1S/C23H22N2/c1-15(2)22-14-21-23(16(3)19-12-8-9-13-20(19)24-21)17(4)25(22)18-10-6-5-7-11-18/h5-15,24H,3-4H2,1-2H3. The minimum absolute atomic E-state index is 0.373. The Morgan fingerprint density at radius 2 is 1.60 bits per heavy atom. The normalized spacial score (nSPS) is 16.4. The number of fused-ring (bicyclic) bond motifs is 1. The predicted molar refractivity (Wildman–Crippen MR) is 107 cm³/mol. The van der Waals surface area contributed by atoms with Crippen LogP contribution in [0.2, 0.25) is 0 Å². The van der Waals surface area contributed by atoms with Gasteiger partial charge in [-0.05, 0) is 35.8 Å². The lowest BCUT2D eigenvalue weighted by Crippen LogP contribution is -2.31. The van der Waals surface area contributed by atoms with E-state index in [0.717, 1.165) is 39.5 Å². The molecule has 2 aliphatic heterocycles. The van der Waals surface area contributed by atoms with E-state index in [-0.39, 0.29) is 0 Å². The maximum absolute atomic E-state index is 4.44. The van der Waals surface area contributed by atoms with E-state index in [4.69, 9.17) is 0 Å². The largest absolute Gasteiger partial charge is 0.354 e. The molecule has 0 saturated heterocycles. The number of nitrogens with zero attached hydrogens (tertiary/aromatic N) is 1. The first kappa shape index (κ1) is 15.5. The number of para-hydroxylation sites is 2. The van der Waals surface area contributed by atoms with Gasteiger partial charge in [0.2, 0.25) is 0 Å². The lowest BCUT2D eigenvalue weighted by molar-refractivity contribution is 0.731. The molecule has 0 bridgehead atoms. The highest BCUT2D eigenvalue weighted by Crippen LogP contribution is 2.45. The van der Waals surface area contributed by atoms with Gasteiger partial charge in [-0.15, -0.1) is 0 Å². The van der Waals surface area contributed by atoms with Crippen molar-refractivity contribution in [1.29, 1.82) is 0 Å². The fraction of sp³-hybridized carbons (Fsp3) is 0.130. The Morgan fingerprint density at radius 1 is 0.920 bits per heavy atom. The lowest BCUT2D eigenvalue weighted by Gasteiger charge is -2.39. The van der Waals surface area contributed by atoms with Crippen molar-refractivity contribution in [2.75, 3.05) is 10.2 Å². The number of nitrogens with one attached hydrogen (secondary N) is 1. The van der Waals surface area contributed by atoms with Gasteiger partial charge in [0, 0.05) is 33.9 Å². The molecule has 0 atom stereocenters. The molecule has 2 aromatic carbocycles. The summed E-state index contributed by atoms with van der Waals surface area (Å²) in [5.41, 5.74) is 8.77. The third-order valence-electron chi connectivity index (χ3n) is 4.81. The Bertz CT molecular complexity index is 930. The second kappa shape index (κ2) is 5.82. The van der Waals surface area contributed by atoms with Crippen LogP contribution in [-0.4, -0.2) is 0 Å². The molecular weight excluding hydrogens is 304 g/mol. The fourth-order valence-electron chi connectivity index (χ4n) is 3.58. The second-order valence-corrected chi connectivity index (χ2v) is 6.78. The number of rotatable bonds is 2. The van der Waals surface area contributed by atoms with Crippen molar-refractivity contribution >= 4 is 16.9 Å². The third-order valence-corrected chi connectivity index (χ3v) is 4.81. The Balaban J connectivity index is 1.88. The van der Waals surface area contributed by atoms with Crippen molar-refractivity contribution < 1.29 is 0 Å². The Kier molecular flexibility index (Phi) is 3.61. The van der Waals surface area contributed by atoms with Crippen LogP contribution in [-0.2, 0) is 0 Å². The van der Waals surface area contributed by atoms with Gasteiger partial charge in [0.25, 0.3) is 0 Å². The van der Waals surface area contributed by atoms with E-state index in [9.17, 15) is 0 Å². The molecule has 2 aliphatic rings. The van der Waals surface area contributed by atoms with E-state index in [1.807, 2.05) is 18.2 Å². The lowest BCUT2D eigenvalue weighted by atomic mass is 9.86. The molecule has 124 valence electrons. The summed E-state index contributed by atoms with van der Waals surface area (Å²) in [4.78, 5) is 2.25. The molecular formula is C23H22N2. The summed E-state index contributed by atoms with van der Waals surface area (Å²) in [7, 11) is 0. The van der Waals surface area contributed by atoms with Crippen molar-refractivity contribution in [3.8, 4) is 0 Å². The molecule has 0 aliphatic carbocycles. The van der Waals surface area contributed by atoms with Crippen LogP contribution in [0, 0.1) is 5.92 Å². The van der Waals surface area contributed by atoms with Crippen molar-refractivity contribution in [1.82, 2.24) is 0 Å². The van der Waals surface area contributed by atoms with Gasteiger partial charge in [-0.25, -0.2) is 0 Å². The zero-order valence-electron chi connectivity index (χ0n) is 14.7. The SMILES string of the molecule is C=C1C2=C(C=C(C(C)C)N(c3ccccc3)C2=C)Nc2ccccc21. The molecule has 0 amide bonds. The predicted octanol–water partition coefficient (Wildman–Crippen LogP) is 5.95. The summed E-state index contributed by atoms with van der Waals surface area (Å²) in [5.74, 6) is 0.373. The van der Waals surface area contributed by atoms with Gasteiger partial charge in [-0.3, -0.25) is 0 Å². The van der Waals surface area contributed by atoms with Gasteiger partial charge in [0.15, 0.2) is 0 Å². The van der Waals surface area contributed by atoms with E-state index < -0.39 is 0 Å². The van der Waals surface area contributed by atoms with Gasteiger partial charge in [0.05, 0.1) is 5.70 Å². The maximum atomic E-state index is 4.44. The van der Waals surface area contributed by atoms with Gasteiger partial charge >= 0.3 is 0 Å². The van der Waals surface area contributed by atoms with Crippen molar-refractivity contribution in [2.24, 2.45) is 5.92 Å². The first-order valence-electron chi connectivity index (χ1n) is 8.64. The minimum Gasteiger partial charge on any atom is -0.354 e. The van der Waals surface area contributed by atoms with E-state index in [1.165, 1.54) is 5.70 Å². The smallest absolute Gasteiger partial charge is 0.0502 e. The molecule has 0 spiro atoms. The summed E-state index contributed by atoms with van der Waals surface area (Å²) >= 11 is 0. The van der Waals surface area contributed by atoms with Crippen LogP contribution in [0.25, 0.3) is 5.57 Å². The molecule has 0 radical (unpaired) electrons. The molecule has 2 heterocycles. The van der Waals surface area contributed by atoms with Crippen LogP contribution in [0.4, 0.5) is 11.4 Å². The molecule has 2 aromatic rings. The quantitative estimate of drug-likeness (QED) is 0.733. The Labute approximate surface area is 149 Å². The first-order valence-corrected chi connectivity index (χ1v) is 8.64. The average Bonchev–Trinajstić information content (AvgIpc) is 2.62. The van der Waals surface area contributed by atoms with E-state index in [2.05, 4.69) is 79.7 Å². The third kappa shape index (κ3) is 2.42. The van der Waals surface area contributed by atoms with Gasteiger partial charge in [-0.1, -0.05) is 63.4 Å². The van der Waals surface area contributed by atoms with Crippen LogP contribution in [0.15, 0.2) is 96.5 Å². The van der Waals surface area contributed by atoms with E-state index >= 15 is 0 Å². The number of anilines is 2. The van der Waals surface area contributed by atoms with Crippen LogP contribution in [0.1, 0.15) is 19.4 Å². The zero-order valence-corrected chi connectivity index (χ0v) is 14.7. The van der Waals surface area contributed by atoms with Crippen LogP contribution >= 0.6 is 0 Å². The van der Waals surface area contributed by atoms with E-state index in [1.54, 1.807) is 0 Å². The Hall–Kier alpha value is -3.00. The summed E-state index contributed by atoms with van der Waals surface area (Å²) in [5, 5.41) is 3.57. The molecule has 0 unspecified atom stereocenters. The monoisotopic (exact) mass is 326 g/mol. The van der Waals surface area contributed by atoms with Gasteiger partial charge in [-0.2, -0.15) is 0 Å². The summed E-state index contributed by atoms with van der Waals surface area (Å²) in [6.07, 6.45) is 2.24. The number of hydrogen-bond donors (Lipinski definition) is 1. The zero-order chi connectivity index (χ0) is 17.6. The number of hydrogen-bond acceptors (Lipinski definition) is 2. The van der Waals surface area contributed by atoms with E-state index in [0.29, 0.717) is 5.92 Å². The maximum Gasteiger partial charge on any atom is 0.0502 e. The molecule has 1 N–H and O–H groups in total.